The minimum Gasteiger partial charge on any atom is -0.497 e. The summed E-state index contributed by atoms with van der Waals surface area (Å²) in [5.41, 5.74) is 2.92. The maximum Gasteiger partial charge on any atom is 0.254 e. The molecule has 0 saturated carbocycles. The predicted molar refractivity (Wildman–Crippen MR) is 133 cm³/mol. The number of amides is 2. The molecule has 35 heavy (non-hydrogen) atoms. The Morgan fingerprint density at radius 2 is 1.54 bits per heavy atom. The van der Waals surface area contributed by atoms with Crippen LogP contribution >= 0.6 is 0 Å². The predicted octanol–water partition coefficient (Wildman–Crippen LogP) is 4.28. The van der Waals surface area contributed by atoms with Crippen LogP contribution in [0.15, 0.2) is 66.7 Å². The zero-order chi connectivity index (χ0) is 25.1. The fourth-order valence-corrected chi connectivity index (χ4v) is 4.71. The lowest BCUT2D eigenvalue weighted by Crippen LogP contribution is -2.46. The second-order valence-corrected chi connectivity index (χ2v) is 8.59. The third-order valence-corrected chi connectivity index (χ3v) is 6.54. The Balaban J connectivity index is 1.85. The molecule has 0 aromatic heterocycles. The van der Waals surface area contributed by atoms with Crippen LogP contribution in [0.1, 0.15) is 39.0 Å². The highest BCUT2D eigenvalue weighted by molar-refractivity contribution is 6.02. The first-order chi connectivity index (χ1) is 16.9. The fourth-order valence-electron chi connectivity index (χ4n) is 4.71. The van der Waals surface area contributed by atoms with Crippen molar-refractivity contribution < 1.29 is 23.8 Å². The molecule has 2 atom stereocenters. The van der Waals surface area contributed by atoms with E-state index in [0.717, 1.165) is 11.1 Å². The van der Waals surface area contributed by atoms with Crippen LogP contribution in [-0.4, -0.2) is 57.0 Å². The molecule has 0 aliphatic carbocycles. The van der Waals surface area contributed by atoms with Gasteiger partial charge in [0.1, 0.15) is 5.75 Å². The van der Waals surface area contributed by atoms with E-state index in [0.29, 0.717) is 34.9 Å². The lowest BCUT2D eigenvalue weighted by molar-refractivity contribution is -0.133. The Morgan fingerprint density at radius 3 is 2.14 bits per heavy atom. The summed E-state index contributed by atoms with van der Waals surface area (Å²) in [6.45, 7) is 0.450. The molecule has 0 radical (unpaired) electrons. The third kappa shape index (κ3) is 4.54. The Hall–Kier alpha value is -4.00. The van der Waals surface area contributed by atoms with Crippen LogP contribution in [0.3, 0.4) is 0 Å². The van der Waals surface area contributed by atoms with Gasteiger partial charge in [-0.2, -0.15) is 0 Å². The lowest BCUT2D eigenvalue weighted by Gasteiger charge is -2.41. The van der Waals surface area contributed by atoms with Crippen LogP contribution in [0.25, 0.3) is 0 Å². The number of fused-ring (bicyclic) bond motifs is 1. The van der Waals surface area contributed by atoms with Crippen LogP contribution in [0.2, 0.25) is 0 Å². The highest BCUT2D eigenvalue weighted by Gasteiger charge is 2.44. The van der Waals surface area contributed by atoms with E-state index < -0.39 is 12.0 Å². The maximum absolute atomic E-state index is 14.1. The molecule has 182 valence electrons. The largest absolute Gasteiger partial charge is 0.497 e. The number of benzene rings is 3. The summed E-state index contributed by atoms with van der Waals surface area (Å²) in [7, 11) is 8.19. The molecular formula is C28H30N2O5. The van der Waals surface area contributed by atoms with Gasteiger partial charge in [0.2, 0.25) is 5.91 Å². The van der Waals surface area contributed by atoms with Crippen LogP contribution in [0.4, 0.5) is 0 Å². The molecule has 0 saturated heterocycles. The van der Waals surface area contributed by atoms with Crippen molar-refractivity contribution >= 4 is 11.8 Å². The van der Waals surface area contributed by atoms with Gasteiger partial charge < -0.3 is 24.0 Å². The van der Waals surface area contributed by atoms with Crippen molar-refractivity contribution in [1.29, 1.82) is 0 Å². The van der Waals surface area contributed by atoms with E-state index in [2.05, 4.69) is 0 Å². The number of hydrogen-bond acceptors (Lipinski definition) is 5. The number of likely N-dealkylation sites (N-methyl/N-ethyl adjacent to an activating group) is 2. The van der Waals surface area contributed by atoms with Gasteiger partial charge >= 0.3 is 0 Å². The molecule has 7 nitrogen and oxygen atoms in total. The Bertz CT molecular complexity index is 1210. The molecule has 2 amide bonds. The van der Waals surface area contributed by atoms with Crippen molar-refractivity contribution in [2.24, 2.45) is 0 Å². The molecule has 0 fully saturated rings. The maximum atomic E-state index is 14.1. The normalized spacial score (nSPS) is 16.9. The molecular weight excluding hydrogens is 444 g/mol. The molecule has 1 aliphatic rings. The number of ether oxygens (including phenoxy) is 3. The van der Waals surface area contributed by atoms with Gasteiger partial charge in [0.25, 0.3) is 5.91 Å². The summed E-state index contributed by atoms with van der Waals surface area (Å²) in [5, 5.41) is 0. The van der Waals surface area contributed by atoms with Crippen molar-refractivity contribution in [3.8, 4) is 17.2 Å². The van der Waals surface area contributed by atoms with Crippen molar-refractivity contribution in [2.75, 3.05) is 35.4 Å². The van der Waals surface area contributed by atoms with Gasteiger partial charge in [-0.05, 0) is 41.0 Å². The van der Waals surface area contributed by atoms with Gasteiger partial charge in [0.05, 0.1) is 33.3 Å². The van der Waals surface area contributed by atoms with Crippen molar-refractivity contribution in [2.45, 2.75) is 18.5 Å². The molecule has 0 bridgehead atoms. The SMILES string of the molecule is COc1ccc([C@@H]2[C@@H](C(=O)N(C)Cc3ccccc3)c3cc(OC)c(OC)cc3C(=O)N2C)cc1. The summed E-state index contributed by atoms with van der Waals surface area (Å²) >= 11 is 0. The molecule has 3 aromatic carbocycles. The Kier molecular flexibility index (Phi) is 6.96. The van der Waals surface area contributed by atoms with E-state index in [1.165, 1.54) is 7.11 Å². The molecule has 4 rings (SSSR count). The first-order valence-corrected chi connectivity index (χ1v) is 11.4. The summed E-state index contributed by atoms with van der Waals surface area (Å²) in [4.78, 5) is 30.9. The average molecular weight is 475 g/mol. The Morgan fingerprint density at radius 1 is 0.914 bits per heavy atom. The number of carbonyl (C=O) groups is 2. The monoisotopic (exact) mass is 474 g/mol. The smallest absolute Gasteiger partial charge is 0.254 e. The van der Waals surface area contributed by atoms with E-state index in [-0.39, 0.29) is 11.8 Å². The molecule has 1 heterocycles. The van der Waals surface area contributed by atoms with Gasteiger partial charge in [-0.25, -0.2) is 0 Å². The summed E-state index contributed by atoms with van der Waals surface area (Å²) in [6, 6.07) is 20.2. The van der Waals surface area contributed by atoms with Gasteiger partial charge in [-0.3, -0.25) is 9.59 Å². The van der Waals surface area contributed by atoms with Crippen LogP contribution in [-0.2, 0) is 11.3 Å². The second-order valence-electron chi connectivity index (χ2n) is 8.59. The second kappa shape index (κ2) is 10.1. The minimum absolute atomic E-state index is 0.0949. The zero-order valence-electron chi connectivity index (χ0n) is 20.6. The molecule has 3 aromatic rings. The van der Waals surface area contributed by atoms with E-state index in [1.807, 2.05) is 54.6 Å². The summed E-state index contributed by atoms with van der Waals surface area (Å²) in [5.74, 6) is 0.698. The number of nitrogens with zero attached hydrogens (tertiary/aromatic N) is 2. The average Bonchev–Trinajstić information content (AvgIpc) is 2.90. The van der Waals surface area contributed by atoms with Crippen molar-refractivity contribution in [1.82, 2.24) is 9.80 Å². The van der Waals surface area contributed by atoms with E-state index in [9.17, 15) is 9.59 Å². The van der Waals surface area contributed by atoms with Gasteiger partial charge in [0.15, 0.2) is 11.5 Å². The lowest BCUT2D eigenvalue weighted by atomic mass is 9.79. The molecule has 1 aliphatic heterocycles. The molecule has 0 spiro atoms. The zero-order valence-corrected chi connectivity index (χ0v) is 20.6. The van der Waals surface area contributed by atoms with Crippen molar-refractivity contribution in [3.63, 3.8) is 0 Å². The minimum atomic E-state index is -0.644. The van der Waals surface area contributed by atoms with Gasteiger partial charge in [-0.1, -0.05) is 42.5 Å². The van der Waals surface area contributed by atoms with Crippen LogP contribution in [0.5, 0.6) is 17.2 Å². The highest BCUT2D eigenvalue weighted by atomic mass is 16.5. The number of carbonyl (C=O) groups excluding carboxylic acids is 2. The molecule has 0 unspecified atom stereocenters. The first-order valence-electron chi connectivity index (χ1n) is 11.4. The summed E-state index contributed by atoms with van der Waals surface area (Å²) in [6.07, 6.45) is 0. The van der Waals surface area contributed by atoms with Gasteiger partial charge in [-0.15, -0.1) is 0 Å². The molecule has 0 N–H and O–H groups in total. The summed E-state index contributed by atoms with van der Waals surface area (Å²) < 4.78 is 16.3. The number of methoxy groups -OCH3 is 3. The topological polar surface area (TPSA) is 68.3 Å². The van der Waals surface area contributed by atoms with Gasteiger partial charge in [0, 0.05) is 26.2 Å². The quantitative estimate of drug-likeness (QED) is 0.511. The standard InChI is InChI=1S/C28H30N2O5/c1-29(17-18-9-7-6-8-10-18)28(32)25-21-15-23(34-4)24(35-5)16-22(21)27(31)30(2)26(25)19-11-13-20(33-3)14-12-19/h6-16,25-26H,17H2,1-5H3/t25-,26+/m0/s1. The molecule has 7 heteroatoms. The van der Waals surface area contributed by atoms with E-state index in [1.54, 1.807) is 50.2 Å². The number of hydrogen-bond donors (Lipinski definition) is 0. The van der Waals surface area contributed by atoms with Crippen LogP contribution < -0.4 is 14.2 Å². The fraction of sp³-hybridized carbons (Fsp3) is 0.286. The van der Waals surface area contributed by atoms with Crippen LogP contribution in [0, 0.1) is 0 Å². The first kappa shape index (κ1) is 24.1. The van der Waals surface area contributed by atoms with E-state index in [4.69, 9.17) is 14.2 Å². The Labute approximate surface area is 205 Å². The van der Waals surface area contributed by atoms with E-state index >= 15 is 0 Å². The van der Waals surface area contributed by atoms with Crippen molar-refractivity contribution in [3.05, 3.63) is 89.0 Å². The third-order valence-electron chi connectivity index (χ3n) is 6.54. The highest BCUT2D eigenvalue weighted by Crippen LogP contribution is 2.46. The number of rotatable bonds is 7.